The van der Waals surface area contributed by atoms with Gasteiger partial charge in [-0.05, 0) is 30.0 Å². The predicted octanol–water partition coefficient (Wildman–Crippen LogP) is 3.01. The van der Waals surface area contributed by atoms with Crippen LogP contribution in [0.25, 0.3) is 0 Å². The molecule has 0 saturated carbocycles. The highest BCUT2D eigenvalue weighted by Crippen LogP contribution is 2.32. The van der Waals surface area contributed by atoms with Crippen molar-refractivity contribution in [2.75, 3.05) is 11.8 Å². The minimum atomic E-state index is -3.71. The Hall–Kier alpha value is -2.02. The lowest BCUT2D eigenvalue weighted by molar-refractivity contribution is 0.416. The first-order valence-corrected chi connectivity index (χ1v) is 8.89. The molecule has 7 heteroatoms. The quantitative estimate of drug-likeness (QED) is 0.910. The average molecular weight is 337 g/mol. The lowest BCUT2D eigenvalue weighted by Gasteiger charge is -2.21. The third kappa shape index (κ3) is 3.85. The van der Waals surface area contributed by atoms with Gasteiger partial charge in [0.15, 0.2) is 0 Å². The molecule has 0 aliphatic rings. The zero-order valence-electron chi connectivity index (χ0n) is 14.1. The molecule has 0 spiro atoms. The van der Waals surface area contributed by atoms with Crippen LogP contribution in [0.2, 0.25) is 0 Å². The standard InChI is InChI=1S/C16H23N3O3S/c1-6-19-11-13(10-17-19)23(20,21)18-14-9-12(16(2,3)4)7-8-15(14)22-5/h7-11,18H,6H2,1-5H3. The Morgan fingerprint density at radius 2 is 2.00 bits per heavy atom. The molecule has 1 N–H and O–H groups in total. The minimum absolute atomic E-state index is 0.0977. The molecule has 0 saturated heterocycles. The highest BCUT2D eigenvalue weighted by Gasteiger charge is 2.21. The maximum atomic E-state index is 12.5. The van der Waals surface area contributed by atoms with E-state index in [1.807, 2.05) is 13.0 Å². The monoisotopic (exact) mass is 337 g/mol. The highest BCUT2D eigenvalue weighted by atomic mass is 32.2. The van der Waals surface area contributed by atoms with E-state index in [-0.39, 0.29) is 10.3 Å². The first-order valence-electron chi connectivity index (χ1n) is 7.41. The van der Waals surface area contributed by atoms with Crippen LogP contribution >= 0.6 is 0 Å². The van der Waals surface area contributed by atoms with Gasteiger partial charge in [-0.25, -0.2) is 8.42 Å². The molecule has 0 radical (unpaired) electrons. The number of rotatable bonds is 5. The molecule has 1 aromatic heterocycles. The van der Waals surface area contributed by atoms with Crippen LogP contribution in [-0.4, -0.2) is 25.3 Å². The fourth-order valence-electron chi connectivity index (χ4n) is 2.11. The maximum absolute atomic E-state index is 12.5. The van der Waals surface area contributed by atoms with Crippen molar-refractivity contribution in [3.63, 3.8) is 0 Å². The number of anilines is 1. The smallest absolute Gasteiger partial charge is 0.265 e. The Labute approximate surface area is 137 Å². The molecule has 6 nitrogen and oxygen atoms in total. The summed E-state index contributed by atoms with van der Waals surface area (Å²) < 4.78 is 34.5. The van der Waals surface area contributed by atoms with Gasteiger partial charge >= 0.3 is 0 Å². The number of methoxy groups -OCH3 is 1. The minimum Gasteiger partial charge on any atom is -0.495 e. The van der Waals surface area contributed by atoms with Gasteiger partial charge in [0.05, 0.1) is 19.0 Å². The molecule has 0 amide bonds. The summed E-state index contributed by atoms with van der Waals surface area (Å²) in [6, 6.07) is 5.51. The summed E-state index contributed by atoms with van der Waals surface area (Å²) in [5, 5.41) is 4.01. The number of nitrogens with one attached hydrogen (secondary N) is 1. The molecule has 0 fully saturated rings. The first kappa shape index (κ1) is 17.3. The van der Waals surface area contributed by atoms with Gasteiger partial charge < -0.3 is 4.74 Å². The van der Waals surface area contributed by atoms with Crippen molar-refractivity contribution in [3.8, 4) is 5.75 Å². The van der Waals surface area contributed by atoms with Gasteiger partial charge in [-0.3, -0.25) is 9.40 Å². The van der Waals surface area contributed by atoms with Crippen LogP contribution in [0.1, 0.15) is 33.3 Å². The van der Waals surface area contributed by atoms with Crippen molar-refractivity contribution >= 4 is 15.7 Å². The van der Waals surface area contributed by atoms with Gasteiger partial charge in [0.1, 0.15) is 10.6 Å². The van der Waals surface area contributed by atoms with Gasteiger partial charge in [-0.15, -0.1) is 0 Å². The fraction of sp³-hybridized carbons (Fsp3) is 0.438. The second kappa shape index (κ2) is 6.23. The molecule has 2 rings (SSSR count). The Bertz CT molecular complexity index is 789. The van der Waals surface area contributed by atoms with Crippen molar-refractivity contribution in [3.05, 3.63) is 36.2 Å². The number of hydrogen-bond donors (Lipinski definition) is 1. The van der Waals surface area contributed by atoms with Crippen LogP contribution < -0.4 is 9.46 Å². The van der Waals surface area contributed by atoms with E-state index in [1.54, 1.807) is 16.8 Å². The molecule has 2 aromatic rings. The first-order chi connectivity index (χ1) is 10.7. The van der Waals surface area contributed by atoms with Gasteiger partial charge in [-0.1, -0.05) is 26.8 Å². The topological polar surface area (TPSA) is 73.2 Å². The van der Waals surface area contributed by atoms with Crippen molar-refractivity contribution in [2.24, 2.45) is 0 Å². The molecule has 126 valence electrons. The Kier molecular flexibility index (Phi) is 4.70. The largest absolute Gasteiger partial charge is 0.495 e. The molecule has 0 unspecified atom stereocenters. The van der Waals surface area contributed by atoms with Gasteiger partial charge in [0.25, 0.3) is 10.0 Å². The summed E-state index contributed by atoms with van der Waals surface area (Å²) in [6.45, 7) is 8.71. The van der Waals surface area contributed by atoms with Crippen molar-refractivity contribution in [2.45, 2.75) is 44.6 Å². The third-order valence-corrected chi connectivity index (χ3v) is 4.87. The van der Waals surface area contributed by atoms with E-state index in [0.29, 0.717) is 18.0 Å². The van der Waals surface area contributed by atoms with E-state index < -0.39 is 10.0 Å². The van der Waals surface area contributed by atoms with E-state index in [4.69, 9.17) is 4.74 Å². The molecule has 1 heterocycles. The zero-order chi connectivity index (χ0) is 17.3. The van der Waals surface area contributed by atoms with Gasteiger partial charge in [0.2, 0.25) is 0 Å². The summed E-state index contributed by atoms with van der Waals surface area (Å²) >= 11 is 0. The third-order valence-electron chi connectivity index (χ3n) is 3.55. The number of sulfonamides is 1. The molecule has 0 bridgehead atoms. The summed E-state index contributed by atoms with van der Waals surface area (Å²) in [4.78, 5) is 0.127. The zero-order valence-corrected chi connectivity index (χ0v) is 14.9. The lowest BCUT2D eigenvalue weighted by Crippen LogP contribution is -2.15. The van der Waals surface area contributed by atoms with Crippen molar-refractivity contribution in [1.29, 1.82) is 0 Å². The van der Waals surface area contributed by atoms with Gasteiger partial charge in [-0.2, -0.15) is 5.10 Å². The Morgan fingerprint density at radius 1 is 1.30 bits per heavy atom. The van der Waals surface area contributed by atoms with Crippen LogP contribution in [0.15, 0.2) is 35.5 Å². The van der Waals surface area contributed by atoms with E-state index in [1.165, 1.54) is 19.5 Å². The SMILES string of the molecule is CCn1cc(S(=O)(=O)Nc2cc(C(C)(C)C)ccc2OC)cn1. The number of nitrogens with zero attached hydrogens (tertiary/aromatic N) is 2. The number of aromatic nitrogens is 2. The molecule has 0 aliphatic heterocycles. The summed E-state index contributed by atoms with van der Waals surface area (Å²) in [7, 11) is -2.20. The Morgan fingerprint density at radius 3 is 2.52 bits per heavy atom. The second-order valence-corrected chi connectivity index (χ2v) is 7.98. The Balaban J connectivity index is 2.41. The molecular weight excluding hydrogens is 314 g/mol. The predicted molar refractivity (Wildman–Crippen MR) is 90.4 cm³/mol. The van der Waals surface area contributed by atoms with Crippen molar-refractivity contribution < 1.29 is 13.2 Å². The van der Waals surface area contributed by atoms with Crippen LogP contribution in [0, 0.1) is 0 Å². The molecule has 1 aromatic carbocycles. The number of hydrogen-bond acceptors (Lipinski definition) is 4. The molecule has 0 aliphatic carbocycles. The van der Waals surface area contributed by atoms with Crippen LogP contribution in [0.4, 0.5) is 5.69 Å². The number of benzene rings is 1. The van der Waals surface area contributed by atoms with E-state index >= 15 is 0 Å². The fourth-order valence-corrected chi connectivity index (χ4v) is 3.13. The molecule has 23 heavy (non-hydrogen) atoms. The molecule has 0 atom stereocenters. The highest BCUT2D eigenvalue weighted by molar-refractivity contribution is 7.92. The average Bonchev–Trinajstić information content (AvgIpc) is 2.95. The number of ether oxygens (including phenoxy) is 1. The number of aryl methyl sites for hydroxylation is 1. The van der Waals surface area contributed by atoms with Gasteiger partial charge in [0, 0.05) is 12.7 Å². The van der Waals surface area contributed by atoms with E-state index in [0.717, 1.165) is 5.56 Å². The van der Waals surface area contributed by atoms with E-state index in [2.05, 4.69) is 30.6 Å². The van der Waals surface area contributed by atoms with Crippen LogP contribution in [-0.2, 0) is 22.0 Å². The lowest BCUT2D eigenvalue weighted by atomic mass is 9.87. The van der Waals surface area contributed by atoms with Crippen LogP contribution in [0.3, 0.4) is 0 Å². The van der Waals surface area contributed by atoms with Crippen LogP contribution in [0.5, 0.6) is 5.75 Å². The molecular formula is C16H23N3O3S. The van der Waals surface area contributed by atoms with Crippen molar-refractivity contribution in [1.82, 2.24) is 9.78 Å². The summed E-state index contributed by atoms with van der Waals surface area (Å²) in [5.41, 5.74) is 1.34. The normalized spacial score (nSPS) is 12.2. The van der Waals surface area contributed by atoms with E-state index in [9.17, 15) is 8.42 Å². The second-order valence-electron chi connectivity index (χ2n) is 6.30. The summed E-state index contributed by atoms with van der Waals surface area (Å²) in [5.74, 6) is 0.476. The summed E-state index contributed by atoms with van der Waals surface area (Å²) in [6.07, 6.45) is 2.84. The maximum Gasteiger partial charge on any atom is 0.265 e.